The fourth-order valence-electron chi connectivity index (χ4n) is 2.68. The van der Waals surface area contributed by atoms with Crippen LogP contribution in [0.4, 0.5) is 13.2 Å². The third kappa shape index (κ3) is 4.86. The topological polar surface area (TPSA) is 44.1 Å². The summed E-state index contributed by atoms with van der Waals surface area (Å²) in [6, 6.07) is 13.6. The van der Waals surface area contributed by atoms with E-state index < -0.39 is 12.8 Å². The van der Waals surface area contributed by atoms with Gasteiger partial charge in [0.25, 0.3) is 5.56 Å². The number of nitrogens with zero attached hydrogens (tertiary/aromatic N) is 2. The molecule has 0 unspecified atom stereocenters. The average Bonchev–Trinajstić information content (AvgIpc) is 2.64. The van der Waals surface area contributed by atoms with Crippen LogP contribution in [0.1, 0.15) is 25.5 Å². The highest BCUT2D eigenvalue weighted by atomic mass is 32.2. The number of hydrogen-bond donors (Lipinski definition) is 0. The van der Waals surface area contributed by atoms with Crippen LogP contribution in [0.25, 0.3) is 10.9 Å². The Hall–Kier alpha value is -2.48. The lowest BCUT2D eigenvalue weighted by Gasteiger charge is -2.16. The van der Waals surface area contributed by atoms with Crippen molar-refractivity contribution in [2.75, 3.05) is 6.61 Å². The van der Waals surface area contributed by atoms with Crippen LogP contribution in [-0.4, -0.2) is 22.3 Å². The zero-order valence-electron chi connectivity index (χ0n) is 15.4. The molecule has 0 bridgehead atoms. The summed E-state index contributed by atoms with van der Waals surface area (Å²) in [6.07, 6.45) is -4.36. The fourth-order valence-corrected chi connectivity index (χ4v) is 3.76. The standard InChI is InChI=1S/C20H19F3N2O2S/c1-13(2)25-18(26)16-5-3-4-6-17(16)24-19(25)28-11-14-7-9-15(10-8-14)27-12-20(21,22)23/h3-10,13H,11-12H2,1-2H3. The SMILES string of the molecule is CC(C)n1c(SCc2ccc(OCC(F)(F)F)cc2)nc2ccccc2c1=O. The van der Waals surface area contributed by atoms with Crippen molar-refractivity contribution in [3.05, 3.63) is 64.4 Å². The second-order valence-corrected chi connectivity index (χ2v) is 7.46. The van der Waals surface area contributed by atoms with Gasteiger partial charge >= 0.3 is 6.18 Å². The first-order valence-corrected chi connectivity index (χ1v) is 9.66. The van der Waals surface area contributed by atoms with Crippen molar-refractivity contribution in [3.8, 4) is 5.75 Å². The van der Waals surface area contributed by atoms with E-state index in [9.17, 15) is 18.0 Å². The molecule has 0 atom stereocenters. The number of ether oxygens (including phenoxy) is 1. The van der Waals surface area contributed by atoms with Gasteiger partial charge in [0.2, 0.25) is 0 Å². The van der Waals surface area contributed by atoms with Crippen LogP contribution in [0.2, 0.25) is 0 Å². The minimum atomic E-state index is -4.36. The molecule has 1 aromatic heterocycles. The van der Waals surface area contributed by atoms with E-state index in [1.807, 2.05) is 26.0 Å². The summed E-state index contributed by atoms with van der Waals surface area (Å²) in [7, 11) is 0. The van der Waals surface area contributed by atoms with E-state index in [-0.39, 0.29) is 17.4 Å². The van der Waals surface area contributed by atoms with Gasteiger partial charge in [0.1, 0.15) is 5.75 Å². The Bertz CT molecular complexity index is 1010. The van der Waals surface area contributed by atoms with Crippen LogP contribution in [0.15, 0.2) is 58.5 Å². The molecule has 1 heterocycles. The fraction of sp³-hybridized carbons (Fsp3) is 0.300. The van der Waals surface area contributed by atoms with Crippen LogP contribution in [0, 0.1) is 0 Å². The first-order chi connectivity index (χ1) is 13.2. The number of alkyl halides is 3. The molecule has 0 saturated carbocycles. The third-order valence-electron chi connectivity index (χ3n) is 3.99. The Labute approximate surface area is 164 Å². The lowest BCUT2D eigenvalue weighted by Crippen LogP contribution is -2.25. The molecule has 148 valence electrons. The molecule has 2 aromatic carbocycles. The molecule has 0 radical (unpaired) electrons. The van der Waals surface area contributed by atoms with Gasteiger partial charge in [-0.15, -0.1) is 0 Å². The molecule has 0 N–H and O–H groups in total. The lowest BCUT2D eigenvalue weighted by atomic mass is 10.2. The van der Waals surface area contributed by atoms with Gasteiger partial charge in [-0.1, -0.05) is 36.0 Å². The first-order valence-electron chi connectivity index (χ1n) is 8.67. The van der Waals surface area contributed by atoms with Crippen LogP contribution >= 0.6 is 11.8 Å². The molecule has 0 spiro atoms. The number of hydrogen-bond acceptors (Lipinski definition) is 4. The van der Waals surface area contributed by atoms with E-state index in [4.69, 9.17) is 4.74 Å². The van der Waals surface area contributed by atoms with Crippen molar-refractivity contribution in [1.29, 1.82) is 0 Å². The number of rotatable bonds is 6. The van der Waals surface area contributed by atoms with Gasteiger partial charge in [-0.3, -0.25) is 9.36 Å². The zero-order valence-corrected chi connectivity index (χ0v) is 16.2. The van der Waals surface area contributed by atoms with Crippen LogP contribution in [0.5, 0.6) is 5.75 Å². The van der Waals surface area contributed by atoms with Crippen molar-refractivity contribution in [3.63, 3.8) is 0 Å². The summed E-state index contributed by atoms with van der Waals surface area (Å²) in [5.41, 5.74) is 1.45. The number of benzene rings is 2. The summed E-state index contributed by atoms with van der Waals surface area (Å²) in [5.74, 6) is 0.686. The Morgan fingerprint density at radius 2 is 1.79 bits per heavy atom. The molecule has 0 aliphatic heterocycles. The molecule has 0 fully saturated rings. The highest BCUT2D eigenvalue weighted by Crippen LogP contribution is 2.26. The predicted molar refractivity (Wildman–Crippen MR) is 104 cm³/mol. The lowest BCUT2D eigenvalue weighted by molar-refractivity contribution is -0.153. The van der Waals surface area contributed by atoms with Crippen molar-refractivity contribution in [1.82, 2.24) is 9.55 Å². The number of halogens is 3. The maximum Gasteiger partial charge on any atom is 0.422 e. The number of thioether (sulfide) groups is 1. The van der Waals surface area contributed by atoms with Gasteiger partial charge < -0.3 is 4.74 Å². The molecule has 8 heteroatoms. The number of aromatic nitrogens is 2. The maximum atomic E-state index is 12.8. The third-order valence-corrected chi connectivity index (χ3v) is 5.01. The van der Waals surface area contributed by atoms with Gasteiger partial charge in [0, 0.05) is 11.8 Å². The Balaban J connectivity index is 1.78. The summed E-state index contributed by atoms with van der Waals surface area (Å²) >= 11 is 1.41. The number of para-hydroxylation sites is 1. The Kier molecular flexibility index (Phi) is 5.98. The van der Waals surface area contributed by atoms with Gasteiger partial charge in [-0.05, 0) is 43.7 Å². The van der Waals surface area contributed by atoms with E-state index in [1.165, 1.54) is 23.9 Å². The molecule has 4 nitrogen and oxygen atoms in total. The van der Waals surface area contributed by atoms with E-state index in [1.54, 1.807) is 28.8 Å². The molecule has 0 amide bonds. The maximum absolute atomic E-state index is 12.8. The summed E-state index contributed by atoms with van der Waals surface area (Å²) in [6.45, 7) is 2.53. The molecule has 0 saturated heterocycles. The van der Waals surface area contributed by atoms with Crippen LogP contribution in [-0.2, 0) is 5.75 Å². The van der Waals surface area contributed by atoms with Gasteiger partial charge in [0.05, 0.1) is 10.9 Å². The highest BCUT2D eigenvalue weighted by molar-refractivity contribution is 7.98. The summed E-state index contributed by atoms with van der Waals surface area (Å²) < 4.78 is 43.0. The second kappa shape index (κ2) is 8.26. The molecule has 3 rings (SSSR count). The first kappa shape index (κ1) is 20.3. The zero-order chi connectivity index (χ0) is 20.3. The predicted octanol–water partition coefficient (Wildman–Crippen LogP) is 5.21. The van der Waals surface area contributed by atoms with Crippen LogP contribution in [0.3, 0.4) is 0 Å². The quantitative estimate of drug-likeness (QED) is 0.415. The summed E-state index contributed by atoms with van der Waals surface area (Å²) in [4.78, 5) is 17.4. The molecule has 0 aliphatic carbocycles. The minimum Gasteiger partial charge on any atom is -0.484 e. The molecule has 28 heavy (non-hydrogen) atoms. The largest absolute Gasteiger partial charge is 0.484 e. The van der Waals surface area contributed by atoms with Crippen molar-refractivity contribution in [2.45, 2.75) is 37.0 Å². The molecule has 3 aromatic rings. The van der Waals surface area contributed by atoms with E-state index in [0.29, 0.717) is 21.8 Å². The molecular formula is C20H19F3N2O2S. The second-order valence-electron chi connectivity index (χ2n) is 6.52. The van der Waals surface area contributed by atoms with Gasteiger partial charge in [0.15, 0.2) is 11.8 Å². The Morgan fingerprint density at radius 1 is 1.11 bits per heavy atom. The van der Waals surface area contributed by atoms with Gasteiger partial charge in [-0.25, -0.2) is 4.98 Å². The van der Waals surface area contributed by atoms with E-state index >= 15 is 0 Å². The van der Waals surface area contributed by atoms with Gasteiger partial charge in [-0.2, -0.15) is 13.2 Å². The van der Waals surface area contributed by atoms with E-state index in [0.717, 1.165) is 5.56 Å². The number of fused-ring (bicyclic) bond motifs is 1. The van der Waals surface area contributed by atoms with Crippen molar-refractivity contribution >= 4 is 22.7 Å². The Morgan fingerprint density at radius 3 is 2.43 bits per heavy atom. The molecule has 0 aliphatic rings. The molecular weight excluding hydrogens is 389 g/mol. The van der Waals surface area contributed by atoms with Crippen molar-refractivity contribution in [2.24, 2.45) is 0 Å². The smallest absolute Gasteiger partial charge is 0.422 e. The monoisotopic (exact) mass is 408 g/mol. The highest BCUT2D eigenvalue weighted by Gasteiger charge is 2.28. The normalized spacial score (nSPS) is 11.9. The van der Waals surface area contributed by atoms with Crippen LogP contribution < -0.4 is 10.3 Å². The van der Waals surface area contributed by atoms with E-state index in [2.05, 4.69) is 4.98 Å². The van der Waals surface area contributed by atoms with Crippen molar-refractivity contribution < 1.29 is 17.9 Å². The average molecular weight is 408 g/mol. The minimum absolute atomic E-state index is 0.0507. The summed E-state index contributed by atoms with van der Waals surface area (Å²) in [5, 5.41) is 1.18.